The topological polar surface area (TPSA) is 90.4 Å². The second-order valence-corrected chi connectivity index (χ2v) is 4.44. The summed E-state index contributed by atoms with van der Waals surface area (Å²) in [5.74, 6) is 4.92. The summed E-state index contributed by atoms with van der Waals surface area (Å²) in [4.78, 5) is 10.4. The van der Waals surface area contributed by atoms with E-state index in [9.17, 15) is 14.5 Å². The molecule has 0 fully saturated rings. The van der Waals surface area contributed by atoms with Gasteiger partial charge < -0.3 is 10.2 Å². The number of hydrogen-bond donors (Lipinski definition) is 2. The fourth-order valence-corrected chi connectivity index (χ4v) is 1.90. The number of rotatable bonds is 5. The molecule has 0 heterocycles. The van der Waals surface area contributed by atoms with Crippen LogP contribution in [0.4, 0.5) is 15.8 Å². The molecule has 0 aromatic heterocycles. The second-order valence-electron chi connectivity index (χ2n) is 4.44. The van der Waals surface area contributed by atoms with Gasteiger partial charge in [0.25, 0.3) is 5.69 Å². The molecule has 0 bridgehead atoms. The Morgan fingerprint density at radius 1 is 1.38 bits per heavy atom. The van der Waals surface area contributed by atoms with Crippen LogP contribution in [-0.4, -0.2) is 4.92 Å². The summed E-state index contributed by atoms with van der Waals surface area (Å²) in [6.45, 7) is 1.77. The standard InChI is InChI=1S/C14H14FN3O3/c1-9-5-6-11(15)13(7-9)21-8-10-3-2-4-12(18(19)20)14(10)17-16/h2-7,17H,8,16H2,1H3. The van der Waals surface area contributed by atoms with Crippen LogP contribution in [0.3, 0.4) is 0 Å². The van der Waals surface area contributed by atoms with Gasteiger partial charge in [-0.15, -0.1) is 0 Å². The molecule has 0 aliphatic carbocycles. The summed E-state index contributed by atoms with van der Waals surface area (Å²) < 4.78 is 19.0. The molecule has 0 atom stereocenters. The number of nitrogens with two attached hydrogens (primary N) is 1. The minimum atomic E-state index is -0.550. The molecular weight excluding hydrogens is 277 g/mol. The Balaban J connectivity index is 2.26. The average Bonchev–Trinajstić information content (AvgIpc) is 2.47. The predicted molar refractivity (Wildman–Crippen MR) is 76.4 cm³/mol. The molecule has 110 valence electrons. The molecule has 6 nitrogen and oxygen atoms in total. The molecule has 0 aliphatic rings. The van der Waals surface area contributed by atoms with Crippen LogP contribution < -0.4 is 16.0 Å². The molecule has 0 saturated heterocycles. The molecule has 0 radical (unpaired) electrons. The van der Waals surface area contributed by atoms with Gasteiger partial charge in [0.05, 0.1) is 4.92 Å². The van der Waals surface area contributed by atoms with E-state index in [1.807, 2.05) is 6.92 Å². The Kier molecular flexibility index (Phi) is 4.34. The van der Waals surface area contributed by atoms with Crippen molar-refractivity contribution >= 4 is 11.4 Å². The lowest BCUT2D eigenvalue weighted by molar-refractivity contribution is -0.384. The number of nitro groups is 1. The van der Waals surface area contributed by atoms with E-state index >= 15 is 0 Å². The van der Waals surface area contributed by atoms with E-state index in [0.29, 0.717) is 5.56 Å². The number of nitro benzene ring substituents is 1. The molecule has 3 N–H and O–H groups in total. The Bertz CT molecular complexity index is 677. The number of ether oxygens (including phenoxy) is 1. The van der Waals surface area contributed by atoms with Crippen LogP contribution in [-0.2, 0) is 6.61 Å². The van der Waals surface area contributed by atoms with Crippen molar-refractivity contribution in [2.24, 2.45) is 5.84 Å². The molecule has 2 aromatic rings. The zero-order valence-corrected chi connectivity index (χ0v) is 11.3. The van der Waals surface area contributed by atoms with Gasteiger partial charge >= 0.3 is 0 Å². The SMILES string of the molecule is Cc1ccc(F)c(OCc2cccc([N+](=O)[O-])c2NN)c1. The molecule has 2 rings (SSSR count). The number of halogens is 1. The summed E-state index contributed by atoms with van der Waals surface area (Å²) in [7, 11) is 0. The van der Waals surface area contributed by atoms with Crippen LogP contribution in [0.25, 0.3) is 0 Å². The lowest BCUT2D eigenvalue weighted by Gasteiger charge is -2.11. The normalized spacial score (nSPS) is 10.2. The van der Waals surface area contributed by atoms with E-state index in [2.05, 4.69) is 5.43 Å². The molecule has 2 aromatic carbocycles. The van der Waals surface area contributed by atoms with E-state index in [4.69, 9.17) is 10.6 Å². The second kappa shape index (κ2) is 6.19. The Morgan fingerprint density at radius 3 is 2.81 bits per heavy atom. The highest BCUT2D eigenvalue weighted by atomic mass is 19.1. The van der Waals surface area contributed by atoms with Crippen LogP contribution in [0.2, 0.25) is 0 Å². The van der Waals surface area contributed by atoms with Gasteiger partial charge in [-0.25, -0.2) is 4.39 Å². The maximum Gasteiger partial charge on any atom is 0.294 e. The maximum absolute atomic E-state index is 13.6. The number of benzene rings is 2. The zero-order valence-electron chi connectivity index (χ0n) is 11.3. The quantitative estimate of drug-likeness (QED) is 0.502. The fraction of sp³-hybridized carbons (Fsp3) is 0.143. The maximum atomic E-state index is 13.6. The average molecular weight is 291 g/mol. The first-order valence-corrected chi connectivity index (χ1v) is 6.14. The van der Waals surface area contributed by atoms with Crippen LogP contribution in [0.5, 0.6) is 5.75 Å². The monoisotopic (exact) mass is 291 g/mol. The van der Waals surface area contributed by atoms with Crippen molar-refractivity contribution in [1.82, 2.24) is 0 Å². The molecular formula is C14H14FN3O3. The number of nitrogens with zero attached hydrogens (tertiary/aromatic N) is 1. The Morgan fingerprint density at radius 2 is 2.14 bits per heavy atom. The van der Waals surface area contributed by atoms with Crippen molar-refractivity contribution < 1.29 is 14.1 Å². The summed E-state index contributed by atoms with van der Waals surface area (Å²) in [5.41, 5.74) is 3.59. The highest BCUT2D eigenvalue weighted by Gasteiger charge is 2.17. The van der Waals surface area contributed by atoms with Crippen LogP contribution in [0.1, 0.15) is 11.1 Å². The molecule has 0 spiro atoms. The van der Waals surface area contributed by atoms with Crippen LogP contribution >= 0.6 is 0 Å². The first-order valence-electron chi connectivity index (χ1n) is 6.14. The first-order chi connectivity index (χ1) is 10.0. The van der Waals surface area contributed by atoms with E-state index in [0.717, 1.165) is 5.56 Å². The number of aryl methyl sites for hydroxylation is 1. The molecule has 0 amide bonds. The molecule has 7 heteroatoms. The van der Waals surface area contributed by atoms with Gasteiger partial charge in [-0.2, -0.15) is 0 Å². The minimum absolute atomic E-state index is 0.0401. The highest BCUT2D eigenvalue weighted by molar-refractivity contribution is 5.65. The first kappa shape index (κ1) is 14.7. The van der Waals surface area contributed by atoms with Gasteiger partial charge in [-0.05, 0) is 24.6 Å². The van der Waals surface area contributed by atoms with E-state index in [1.165, 1.54) is 18.2 Å². The van der Waals surface area contributed by atoms with Gasteiger partial charge in [0.15, 0.2) is 11.6 Å². The number of anilines is 1. The highest BCUT2D eigenvalue weighted by Crippen LogP contribution is 2.29. The van der Waals surface area contributed by atoms with E-state index < -0.39 is 10.7 Å². The van der Waals surface area contributed by atoms with Gasteiger partial charge in [-0.3, -0.25) is 16.0 Å². The summed E-state index contributed by atoms with van der Waals surface area (Å²) >= 11 is 0. The number of para-hydroxylation sites is 1. The van der Waals surface area contributed by atoms with Gasteiger partial charge in [0, 0.05) is 11.6 Å². The van der Waals surface area contributed by atoms with E-state index in [1.54, 1.807) is 18.2 Å². The Hall–Kier alpha value is -2.67. The summed E-state index contributed by atoms with van der Waals surface area (Å²) in [6.07, 6.45) is 0. The zero-order chi connectivity index (χ0) is 15.4. The van der Waals surface area contributed by atoms with Gasteiger partial charge in [-0.1, -0.05) is 18.2 Å². The van der Waals surface area contributed by atoms with Crippen LogP contribution in [0.15, 0.2) is 36.4 Å². The van der Waals surface area contributed by atoms with Crippen molar-refractivity contribution in [2.45, 2.75) is 13.5 Å². The minimum Gasteiger partial charge on any atom is -0.486 e. The van der Waals surface area contributed by atoms with Crippen molar-refractivity contribution in [3.8, 4) is 5.75 Å². The third-order valence-corrected chi connectivity index (χ3v) is 2.94. The molecule has 0 unspecified atom stereocenters. The van der Waals surface area contributed by atoms with Crippen molar-refractivity contribution in [3.63, 3.8) is 0 Å². The van der Waals surface area contributed by atoms with Crippen molar-refractivity contribution in [1.29, 1.82) is 0 Å². The molecule has 21 heavy (non-hydrogen) atoms. The third-order valence-electron chi connectivity index (χ3n) is 2.94. The number of nitrogens with one attached hydrogen (secondary N) is 1. The van der Waals surface area contributed by atoms with Gasteiger partial charge in [0.1, 0.15) is 12.3 Å². The fourth-order valence-electron chi connectivity index (χ4n) is 1.90. The number of nitrogen functional groups attached to an aromatic ring is 1. The van der Waals surface area contributed by atoms with Crippen molar-refractivity contribution in [3.05, 3.63) is 63.5 Å². The number of hydrogen-bond acceptors (Lipinski definition) is 5. The summed E-state index contributed by atoms with van der Waals surface area (Å²) in [5, 5.41) is 10.9. The largest absolute Gasteiger partial charge is 0.486 e. The van der Waals surface area contributed by atoms with Crippen molar-refractivity contribution in [2.75, 3.05) is 5.43 Å². The molecule has 0 aliphatic heterocycles. The third kappa shape index (κ3) is 3.26. The summed E-state index contributed by atoms with van der Waals surface area (Å²) in [6, 6.07) is 8.96. The number of hydrazine groups is 1. The lowest BCUT2D eigenvalue weighted by atomic mass is 10.1. The Labute approximate surface area is 120 Å². The van der Waals surface area contributed by atoms with Gasteiger partial charge in [0.2, 0.25) is 0 Å². The van der Waals surface area contributed by atoms with Crippen LogP contribution in [0, 0.1) is 22.9 Å². The van der Waals surface area contributed by atoms with E-state index in [-0.39, 0.29) is 23.7 Å². The smallest absolute Gasteiger partial charge is 0.294 e. The molecule has 0 saturated carbocycles. The lowest BCUT2D eigenvalue weighted by Crippen LogP contribution is -2.12. The predicted octanol–water partition coefficient (Wildman–Crippen LogP) is 2.91.